The molecular formula is C18H30N2. The SMILES string of the molecule is CC(NCCN1CCCC1)c1ccc(C(C)(C)C)cc1. The molecule has 1 aliphatic heterocycles. The minimum absolute atomic E-state index is 0.241. The summed E-state index contributed by atoms with van der Waals surface area (Å²) in [5, 5.41) is 3.64. The summed E-state index contributed by atoms with van der Waals surface area (Å²) in [6.07, 6.45) is 2.76. The van der Waals surface area contributed by atoms with E-state index in [2.05, 4.69) is 62.2 Å². The van der Waals surface area contributed by atoms with Gasteiger partial charge in [-0.25, -0.2) is 0 Å². The van der Waals surface area contributed by atoms with Crippen molar-refractivity contribution >= 4 is 0 Å². The summed E-state index contributed by atoms with van der Waals surface area (Å²) in [7, 11) is 0. The largest absolute Gasteiger partial charge is 0.309 e. The Morgan fingerprint density at radius 2 is 1.70 bits per heavy atom. The highest BCUT2D eigenvalue weighted by molar-refractivity contribution is 5.28. The van der Waals surface area contributed by atoms with E-state index in [9.17, 15) is 0 Å². The Morgan fingerprint density at radius 1 is 1.10 bits per heavy atom. The number of hydrogen-bond acceptors (Lipinski definition) is 2. The van der Waals surface area contributed by atoms with E-state index >= 15 is 0 Å². The first-order valence-corrected chi connectivity index (χ1v) is 8.03. The van der Waals surface area contributed by atoms with Gasteiger partial charge in [-0.3, -0.25) is 0 Å². The lowest BCUT2D eigenvalue weighted by Crippen LogP contribution is -2.31. The molecule has 1 aromatic rings. The zero-order chi connectivity index (χ0) is 14.6. The second-order valence-electron chi connectivity index (χ2n) is 7.10. The molecule has 1 aliphatic rings. The summed E-state index contributed by atoms with van der Waals surface area (Å²) in [6.45, 7) is 13.9. The second-order valence-corrected chi connectivity index (χ2v) is 7.10. The summed E-state index contributed by atoms with van der Waals surface area (Å²) in [5.74, 6) is 0. The van der Waals surface area contributed by atoms with Gasteiger partial charge in [-0.2, -0.15) is 0 Å². The normalized spacial score (nSPS) is 18.4. The van der Waals surface area contributed by atoms with Crippen molar-refractivity contribution in [3.05, 3.63) is 35.4 Å². The lowest BCUT2D eigenvalue weighted by Gasteiger charge is -2.21. The van der Waals surface area contributed by atoms with Crippen LogP contribution in [0.15, 0.2) is 24.3 Å². The van der Waals surface area contributed by atoms with Crippen molar-refractivity contribution in [2.24, 2.45) is 0 Å². The van der Waals surface area contributed by atoms with Crippen molar-refractivity contribution in [2.45, 2.75) is 52.0 Å². The number of hydrogen-bond donors (Lipinski definition) is 1. The summed E-state index contributed by atoms with van der Waals surface area (Å²) < 4.78 is 0. The number of likely N-dealkylation sites (tertiary alicyclic amines) is 1. The molecule has 1 atom stereocenters. The van der Waals surface area contributed by atoms with Crippen LogP contribution in [0.25, 0.3) is 0 Å². The van der Waals surface area contributed by atoms with Gasteiger partial charge in [-0.1, -0.05) is 45.0 Å². The third-order valence-electron chi connectivity index (χ3n) is 4.35. The molecule has 20 heavy (non-hydrogen) atoms. The molecule has 1 aromatic carbocycles. The lowest BCUT2D eigenvalue weighted by molar-refractivity contribution is 0.330. The molecule has 1 fully saturated rings. The van der Waals surface area contributed by atoms with E-state index in [-0.39, 0.29) is 5.41 Å². The summed E-state index contributed by atoms with van der Waals surface area (Å²) in [6, 6.07) is 9.52. The Morgan fingerprint density at radius 3 is 2.25 bits per heavy atom. The lowest BCUT2D eigenvalue weighted by atomic mass is 9.86. The molecule has 2 nitrogen and oxygen atoms in total. The first-order chi connectivity index (χ1) is 9.47. The molecule has 2 rings (SSSR count). The van der Waals surface area contributed by atoms with Crippen molar-refractivity contribution in [1.82, 2.24) is 10.2 Å². The van der Waals surface area contributed by atoms with Crippen LogP contribution in [-0.4, -0.2) is 31.1 Å². The summed E-state index contributed by atoms with van der Waals surface area (Å²) in [4.78, 5) is 2.56. The number of benzene rings is 1. The predicted octanol–water partition coefficient (Wildman–Crippen LogP) is 3.73. The molecule has 0 aromatic heterocycles. The monoisotopic (exact) mass is 274 g/mol. The Hall–Kier alpha value is -0.860. The Balaban J connectivity index is 1.81. The van der Waals surface area contributed by atoms with Crippen LogP contribution in [0, 0.1) is 0 Å². The van der Waals surface area contributed by atoms with Crippen molar-refractivity contribution in [3.63, 3.8) is 0 Å². The van der Waals surface area contributed by atoms with Gasteiger partial charge in [0.2, 0.25) is 0 Å². The third-order valence-corrected chi connectivity index (χ3v) is 4.35. The van der Waals surface area contributed by atoms with Gasteiger partial charge in [0.05, 0.1) is 0 Å². The molecule has 1 saturated heterocycles. The van der Waals surface area contributed by atoms with Crippen LogP contribution in [0.2, 0.25) is 0 Å². The fourth-order valence-electron chi connectivity index (χ4n) is 2.84. The molecule has 0 bridgehead atoms. The maximum absolute atomic E-state index is 3.64. The van der Waals surface area contributed by atoms with Crippen molar-refractivity contribution in [2.75, 3.05) is 26.2 Å². The maximum atomic E-state index is 3.64. The van der Waals surface area contributed by atoms with E-state index in [0.717, 1.165) is 6.54 Å². The predicted molar refractivity (Wildman–Crippen MR) is 87.2 cm³/mol. The fourth-order valence-corrected chi connectivity index (χ4v) is 2.84. The molecule has 0 spiro atoms. The molecule has 1 N–H and O–H groups in total. The van der Waals surface area contributed by atoms with Crippen LogP contribution < -0.4 is 5.32 Å². The Labute approximate surface area is 124 Å². The average molecular weight is 274 g/mol. The minimum atomic E-state index is 0.241. The topological polar surface area (TPSA) is 15.3 Å². The van der Waals surface area contributed by atoms with Crippen LogP contribution in [0.3, 0.4) is 0 Å². The average Bonchev–Trinajstić information content (AvgIpc) is 2.91. The first-order valence-electron chi connectivity index (χ1n) is 8.03. The molecule has 2 heteroatoms. The fraction of sp³-hybridized carbons (Fsp3) is 0.667. The number of rotatable bonds is 5. The molecule has 0 aliphatic carbocycles. The van der Waals surface area contributed by atoms with Crippen molar-refractivity contribution in [1.29, 1.82) is 0 Å². The van der Waals surface area contributed by atoms with E-state index in [1.54, 1.807) is 0 Å². The zero-order valence-electron chi connectivity index (χ0n) is 13.6. The van der Waals surface area contributed by atoms with E-state index in [1.165, 1.54) is 43.6 Å². The molecular weight excluding hydrogens is 244 g/mol. The van der Waals surface area contributed by atoms with Crippen LogP contribution in [0.1, 0.15) is 57.7 Å². The van der Waals surface area contributed by atoms with Gasteiger partial charge < -0.3 is 10.2 Å². The van der Waals surface area contributed by atoms with Crippen LogP contribution >= 0.6 is 0 Å². The number of nitrogens with one attached hydrogen (secondary N) is 1. The minimum Gasteiger partial charge on any atom is -0.309 e. The molecule has 0 saturated carbocycles. The molecule has 112 valence electrons. The van der Waals surface area contributed by atoms with Gasteiger partial charge in [0.15, 0.2) is 0 Å². The van der Waals surface area contributed by atoms with Gasteiger partial charge in [-0.15, -0.1) is 0 Å². The van der Waals surface area contributed by atoms with Gasteiger partial charge in [0.25, 0.3) is 0 Å². The smallest absolute Gasteiger partial charge is 0.0292 e. The van der Waals surface area contributed by atoms with Gasteiger partial charge in [0, 0.05) is 19.1 Å². The van der Waals surface area contributed by atoms with Gasteiger partial charge in [-0.05, 0) is 49.4 Å². The standard InChI is InChI=1S/C18H30N2/c1-15(19-11-14-20-12-5-6-13-20)16-7-9-17(10-8-16)18(2,3)4/h7-10,15,19H,5-6,11-14H2,1-4H3. The van der Waals surface area contributed by atoms with Crippen molar-refractivity contribution in [3.8, 4) is 0 Å². The summed E-state index contributed by atoms with van der Waals surface area (Å²) >= 11 is 0. The highest BCUT2D eigenvalue weighted by Gasteiger charge is 2.14. The highest BCUT2D eigenvalue weighted by atomic mass is 15.1. The number of nitrogens with zero attached hydrogens (tertiary/aromatic N) is 1. The van der Waals surface area contributed by atoms with Crippen LogP contribution in [-0.2, 0) is 5.41 Å². The van der Waals surface area contributed by atoms with Gasteiger partial charge in [0.1, 0.15) is 0 Å². The maximum Gasteiger partial charge on any atom is 0.0292 e. The quantitative estimate of drug-likeness (QED) is 0.880. The zero-order valence-corrected chi connectivity index (χ0v) is 13.6. The third kappa shape index (κ3) is 4.32. The Kier molecular flexibility index (Phi) is 5.22. The molecule has 0 amide bonds. The second kappa shape index (κ2) is 6.73. The van der Waals surface area contributed by atoms with E-state index in [4.69, 9.17) is 0 Å². The van der Waals surface area contributed by atoms with E-state index in [0.29, 0.717) is 6.04 Å². The molecule has 0 radical (unpaired) electrons. The molecule has 1 unspecified atom stereocenters. The van der Waals surface area contributed by atoms with Gasteiger partial charge >= 0.3 is 0 Å². The Bertz CT molecular complexity index is 396. The van der Waals surface area contributed by atoms with Crippen molar-refractivity contribution < 1.29 is 0 Å². The van der Waals surface area contributed by atoms with Crippen LogP contribution in [0.5, 0.6) is 0 Å². The highest BCUT2D eigenvalue weighted by Crippen LogP contribution is 2.23. The molecule has 1 heterocycles. The summed E-state index contributed by atoms with van der Waals surface area (Å²) in [5.41, 5.74) is 3.04. The first kappa shape index (κ1) is 15.5. The van der Waals surface area contributed by atoms with Crippen LogP contribution in [0.4, 0.5) is 0 Å². The van der Waals surface area contributed by atoms with E-state index in [1.807, 2.05) is 0 Å². The van der Waals surface area contributed by atoms with E-state index < -0.39 is 0 Å².